The van der Waals surface area contributed by atoms with E-state index in [2.05, 4.69) is 248 Å². The molecule has 0 aliphatic carbocycles. The Kier molecular flexibility index (Phi) is 11.8. The Bertz CT molecular complexity index is 2990. The molecule has 64 heavy (non-hydrogen) atoms. The molecule has 0 N–H and O–H groups in total. The van der Waals surface area contributed by atoms with E-state index in [-0.39, 0.29) is 37.3 Å². The normalized spacial score (nSPS) is 13.5. The van der Waals surface area contributed by atoms with Crippen LogP contribution in [0.15, 0.2) is 158 Å². The van der Waals surface area contributed by atoms with Crippen molar-refractivity contribution in [3.05, 3.63) is 210 Å². The van der Waals surface area contributed by atoms with Crippen molar-refractivity contribution in [1.29, 1.82) is 0 Å². The van der Waals surface area contributed by atoms with Gasteiger partial charge < -0.3 is 19.1 Å². The number of rotatable bonds is 9. The van der Waals surface area contributed by atoms with Crippen molar-refractivity contribution in [2.45, 2.75) is 90.9 Å². The van der Waals surface area contributed by atoms with Crippen LogP contribution in [-0.4, -0.2) is 9.55 Å². The van der Waals surface area contributed by atoms with E-state index in [0.717, 1.165) is 44.6 Å². The molecule has 0 bridgehead atoms. The summed E-state index contributed by atoms with van der Waals surface area (Å²) in [6.07, 6.45) is 6.10. The van der Waals surface area contributed by atoms with Crippen LogP contribution in [0.2, 0.25) is 0 Å². The fraction of sp³-hybridized carbons (Fsp3) is 0.241. The molecule has 0 atom stereocenters. The summed E-state index contributed by atoms with van der Waals surface area (Å²) in [6.45, 7) is 24.7. The summed E-state index contributed by atoms with van der Waals surface area (Å²) in [7, 11) is 0. The fourth-order valence-corrected chi connectivity index (χ4v) is 8.73. The molecule has 0 saturated heterocycles. The summed E-state index contributed by atoms with van der Waals surface area (Å²) >= 11 is 0. The van der Waals surface area contributed by atoms with Crippen LogP contribution >= 0.6 is 0 Å². The topological polar surface area (TPSA) is 33.5 Å². The van der Waals surface area contributed by atoms with Crippen LogP contribution < -0.4 is 14.5 Å². The summed E-state index contributed by atoms with van der Waals surface area (Å²) in [4.78, 5) is 9.29. The Morgan fingerprint density at radius 2 is 1.17 bits per heavy atom. The van der Waals surface area contributed by atoms with Crippen LogP contribution in [0.1, 0.15) is 103 Å². The minimum Gasteiger partial charge on any atom is -0.509 e. The number of nitrogens with zero attached hydrogens (tertiary/aromatic N) is 4. The van der Waals surface area contributed by atoms with Crippen LogP contribution in [0.5, 0.6) is 11.5 Å². The van der Waals surface area contributed by atoms with Gasteiger partial charge in [-0.3, -0.25) is 0 Å². The maximum absolute atomic E-state index is 7.07. The van der Waals surface area contributed by atoms with E-state index in [9.17, 15) is 0 Å². The summed E-state index contributed by atoms with van der Waals surface area (Å²) in [5, 5.41) is 2.25. The molecule has 1 aliphatic rings. The van der Waals surface area contributed by atoms with Gasteiger partial charge in [-0.05, 0) is 92.2 Å². The third-order valence-electron chi connectivity index (χ3n) is 12.9. The predicted molar refractivity (Wildman–Crippen MR) is 262 cm³/mol. The monoisotopic (exact) mass is 1020 g/mol. The van der Waals surface area contributed by atoms with Gasteiger partial charge in [0.1, 0.15) is 5.82 Å². The van der Waals surface area contributed by atoms with E-state index in [1.165, 1.54) is 27.8 Å². The minimum atomic E-state index is -0.395. The average Bonchev–Trinajstić information content (AvgIpc) is 3.90. The first kappa shape index (κ1) is 44.7. The van der Waals surface area contributed by atoms with Crippen molar-refractivity contribution in [3.63, 3.8) is 0 Å². The van der Waals surface area contributed by atoms with E-state index in [0.29, 0.717) is 11.5 Å². The van der Waals surface area contributed by atoms with Gasteiger partial charge in [0.2, 0.25) is 0 Å². The Labute approximate surface area is 394 Å². The van der Waals surface area contributed by atoms with Gasteiger partial charge in [0.05, 0.1) is 0 Å². The van der Waals surface area contributed by atoms with E-state index < -0.39 is 5.41 Å². The number of fused-ring (bicyclic) bond motifs is 3. The second-order valence-electron chi connectivity index (χ2n) is 20.0. The largest absolute Gasteiger partial charge is 0.509 e. The van der Waals surface area contributed by atoms with Crippen LogP contribution in [0.3, 0.4) is 0 Å². The average molecular weight is 1020 g/mol. The number of hydrogen-bond acceptors (Lipinski definition) is 4. The molecule has 328 valence electrons. The van der Waals surface area contributed by atoms with E-state index in [1.807, 2.05) is 12.3 Å². The fourth-order valence-electron chi connectivity index (χ4n) is 8.73. The molecule has 0 saturated carbocycles. The number of aromatic nitrogens is 2. The summed E-state index contributed by atoms with van der Waals surface area (Å²) in [5.41, 5.74) is 10.5. The molecule has 0 spiro atoms. The molecule has 0 radical (unpaired) electrons. The standard InChI is InChI=1S/C58H57N4O.Pt/c1-55(2,3)42-22-17-23-45(34-42)60-32-33-61(39-60)46-25-28-50(58(9,10)41-20-15-12-16-21-41)53(37-46)63-47-26-27-48-49-35-43(56(4,5)6)24-29-51(49)62(52(48)38-47)54-36-44(30-31-59-54)57(7,8)40-18-13-11-14-19-40;/h11-36,39H,1-10H3;/q-3;. The SMILES string of the molecule is CC(C)(C)c1cccc(N2C=CN(c3[c-]c(Oc4[c-]c5c(cc4)c4cc(C(C)(C)C)ccc4n5-c4cc(C(C)(C)c5ccccc5)ccn4)c(C(C)(C)c4ccccc4)cc3)[CH-]2)c1.[Pt]. The van der Waals surface area contributed by atoms with Gasteiger partial charge in [0, 0.05) is 55.4 Å². The van der Waals surface area contributed by atoms with Gasteiger partial charge >= 0.3 is 0 Å². The zero-order valence-electron chi connectivity index (χ0n) is 38.6. The molecule has 0 unspecified atom stereocenters. The third-order valence-corrected chi connectivity index (χ3v) is 12.9. The maximum Gasteiger partial charge on any atom is 0.135 e. The molecule has 1 aliphatic heterocycles. The smallest absolute Gasteiger partial charge is 0.135 e. The Balaban J connectivity index is 0.00000560. The van der Waals surface area contributed by atoms with E-state index in [4.69, 9.17) is 9.72 Å². The van der Waals surface area contributed by atoms with Gasteiger partial charge in [-0.15, -0.1) is 47.6 Å². The van der Waals surface area contributed by atoms with Gasteiger partial charge in [0.25, 0.3) is 0 Å². The Morgan fingerprint density at radius 1 is 0.531 bits per heavy atom. The van der Waals surface area contributed by atoms with Crippen molar-refractivity contribution in [2.24, 2.45) is 0 Å². The molecule has 2 aromatic heterocycles. The molecule has 8 aromatic rings. The maximum atomic E-state index is 7.07. The molecule has 3 heterocycles. The van der Waals surface area contributed by atoms with Crippen LogP contribution in [0.25, 0.3) is 27.6 Å². The van der Waals surface area contributed by atoms with Crippen molar-refractivity contribution in [3.8, 4) is 17.3 Å². The summed E-state index contributed by atoms with van der Waals surface area (Å²) in [6, 6.07) is 57.3. The summed E-state index contributed by atoms with van der Waals surface area (Å²) in [5.74, 6) is 2.08. The number of benzene rings is 6. The number of anilines is 2. The minimum absolute atomic E-state index is 0. The number of ether oxygens (including phenoxy) is 1. The second-order valence-corrected chi connectivity index (χ2v) is 20.0. The number of hydrogen-bond donors (Lipinski definition) is 0. The first-order chi connectivity index (χ1) is 30.0. The van der Waals surface area contributed by atoms with Crippen molar-refractivity contribution in [1.82, 2.24) is 9.55 Å². The molecular formula is C58H57N4OPt-3. The first-order valence-corrected chi connectivity index (χ1v) is 22.0. The molecule has 6 heteroatoms. The Hall–Kier alpha value is -5.90. The Morgan fingerprint density at radius 3 is 1.86 bits per heavy atom. The van der Waals surface area contributed by atoms with E-state index >= 15 is 0 Å². The molecule has 6 aromatic carbocycles. The van der Waals surface area contributed by atoms with Gasteiger partial charge in [-0.2, -0.15) is 12.1 Å². The van der Waals surface area contributed by atoms with Crippen LogP contribution in [0, 0.1) is 18.8 Å². The molecule has 5 nitrogen and oxygen atoms in total. The van der Waals surface area contributed by atoms with Gasteiger partial charge in [0.15, 0.2) is 0 Å². The van der Waals surface area contributed by atoms with Crippen molar-refractivity contribution >= 4 is 33.2 Å². The number of pyridine rings is 1. The molecule has 0 fully saturated rings. The molecule has 9 rings (SSSR count). The first-order valence-electron chi connectivity index (χ1n) is 22.0. The molecule has 0 amide bonds. The quantitative estimate of drug-likeness (QED) is 0.135. The second kappa shape index (κ2) is 16.9. The zero-order valence-corrected chi connectivity index (χ0v) is 40.9. The zero-order chi connectivity index (χ0) is 44.3. The van der Waals surface area contributed by atoms with Crippen LogP contribution in [0.4, 0.5) is 11.4 Å². The molecular weight excluding hydrogens is 964 g/mol. The summed E-state index contributed by atoms with van der Waals surface area (Å²) < 4.78 is 9.31. The van der Waals surface area contributed by atoms with E-state index in [1.54, 1.807) is 0 Å². The van der Waals surface area contributed by atoms with Crippen molar-refractivity contribution in [2.75, 3.05) is 9.80 Å². The van der Waals surface area contributed by atoms with Gasteiger partial charge in [-0.25, -0.2) is 4.98 Å². The van der Waals surface area contributed by atoms with Gasteiger partial charge in [-0.1, -0.05) is 160 Å². The van der Waals surface area contributed by atoms with Crippen molar-refractivity contribution < 1.29 is 25.8 Å². The van der Waals surface area contributed by atoms with Crippen LogP contribution in [-0.2, 0) is 42.7 Å². The predicted octanol–water partition coefficient (Wildman–Crippen LogP) is 14.7. The third kappa shape index (κ3) is 8.43.